The molecular formula is C18H18N2O6S. The first kappa shape index (κ1) is 19.0. The highest BCUT2D eigenvalue weighted by Gasteiger charge is 2.45. The Hall–Kier alpha value is -2.78. The molecule has 0 bridgehead atoms. The molecule has 0 saturated heterocycles. The van der Waals surface area contributed by atoms with E-state index in [4.69, 9.17) is 4.74 Å². The number of ketones is 1. The minimum atomic E-state index is -1.08. The lowest BCUT2D eigenvalue weighted by Gasteiger charge is -2.40. The summed E-state index contributed by atoms with van der Waals surface area (Å²) < 4.78 is 5.80. The second-order valence-electron chi connectivity index (χ2n) is 6.80. The number of non-ortho nitro benzene ring substituents is 1. The molecule has 1 aromatic carbocycles. The minimum Gasteiger partial charge on any atom is -0.484 e. The summed E-state index contributed by atoms with van der Waals surface area (Å²) in [6, 6.07) is 6.12. The van der Waals surface area contributed by atoms with Gasteiger partial charge in [-0.15, -0.1) is 11.3 Å². The number of nitrogens with zero attached hydrogens (tertiary/aromatic N) is 1. The third-order valence-electron chi connectivity index (χ3n) is 4.36. The second-order valence-corrected chi connectivity index (χ2v) is 7.89. The Morgan fingerprint density at radius 3 is 2.67 bits per heavy atom. The van der Waals surface area contributed by atoms with Crippen molar-refractivity contribution in [2.24, 2.45) is 0 Å². The summed E-state index contributed by atoms with van der Waals surface area (Å²) in [6.07, 6.45) is -1.08. The number of carbonyl (C=O) groups excluding carboxylic acids is 2. The van der Waals surface area contributed by atoms with Crippen molar-refractivity contribution < 1.29 is 24.4 Å². The molecule has 1 amide bonds. The summed E-state index contributed by atoms with van der Waals surface area (Å²) in [5.74, 6) is -0.275. The Morgan fingerprint density at radius 1 is 1.33 bits per heavy atom. The highest BCUT2D eigenvalue weighted by molar-refractivity contribution is 7.14. The maximum atomic E-state index is 12.6. The van der Waals surface area contributed by atoms with Crippen LogP contribution in [0.4, 0.5) is 5.69 Å². The second kappa shape index (κ2) is 6.75. The zero-order valence-electron chi connectivity index (χ0n) is 14.9. The Bertz CT molecular complexity index is 936. The van der Waals surface area contributed by atoms with Gasteiger partial charge in [-0.3, -0.25) is 19.7 Å². The van der Waals surface area contributed by atoms with Crippen LogP contribution in [0.1, 0.15) is 51.7 Å². The van der Waals surface area contributed by atoms with Crippen molar-refractivity contribution in [3.63, 3.8) is 0 Å². The number of carbonyl (C=O) groups is 2. The number of hydrogen-bond donors (Lipinski definition) is 2. The van der Waals surface area contributed by atoms with Crippen molar-refractivity contribution in [3.05, 3.63) is 55.8 Å². The summed E-state index contributed by atoms with van der Waals surface area (Å²) in [5.41, 5.74) is -1.10. The fourth-order valence-electron chi connectivity index (χ4n) is 2.88. The summed E-state index contributed by atoms with van der Waals surface area (Å²) >= 11 is 1.14. The van der Waals surface area contributed by atoms with Gasteiger partial charge < -0.3 is 15.2 Å². The monoisotopic (exact) mass is 390 g/mol. The molecule has 0 aliphatic carbocycles. The van der Waals surface area contributed by atoms with Gasteiger partial charge in [0.2, 0.25) is 0 Å². The third-order valence-corrected chi connectivity index (χ3v) is 5.66. The number of fused-ring (bicyclic) bond motifs is 1. The van der Waals surface area contributed by atoms with E-state index in [-0.39, 0.29) is 17.0 Å². The van der Waals surface area contributed by atoms with Gasteiger partial charge in [0.25, 0.3) is 11.6 Å². The van der Waals surface area contributed by atoms with Crippen LogP contribution in [-0.4, -0.2) is 33.4 Å². The maximum absolute atomic E-state index is 12.6. The molecule has 2 atom stereocenters. The fraction of sp³-hybridized carbons (Fsp3) is 0.333. The van der Waals surface area contributed by atoms with Crippen molar-refractivity contribution in [1.82, 2.24) is 5.32 Å². The quantitative estimate of drug-likeness (QED) is 0.471. The highest BCUT2D eigenvalue weighted by Crippen LogP contribution is 2.45. The van der Waals surface area contributed by atoms with E-state index in [1.807, 2.05) is 0 Å². The number of rotatable bonds is 4. The van der Waals surface area contributed by atoms with Crippen LogP contribution >= 0.6 is 11.3 Å². The van der Waals surface area contributed by atoms with Crippen molar-refractivity contribution in [3.8, 4) is 5.75 Å². The van der Waals surface area contributed by atoms with Crippen LogP contribution in [0.25, 0.3) is 0 Å². The van der Waals surface area contributed by atoms with E-state index in [9.17, 15) is 24.8 Å². The summed E-state index contributed by atoms with van der Waals surface area (Å²) in [6.45, 7) is 4.78. The van der Waals surface area contributed by atoms with Gasteiger partial charge in [-0.2, -0.15) is 0 Å². The molecule has 8 nitrogen and oxygen atoms in total. The van der Waals surface area contributed by atoms with Gasteiger partial charge in [-0.1, -0.05) is 6.07 Å². The Balaban J connectivity index is 1.95. The van der Waals surface area contributed by atoms with E-state index in [0.29, 0.717) is 15.5 Å². The smallest absolute Gasteiger partial charge is 0.270 e. The van der Waals surface area contributed by atoms with Gasteiger partial charge in [-0.25, -0.2) is 0 Å². The number of aliphatic hydroxyl groups is 1. The van der Waals surface area contributed by atoms with E-state index in [1.54, 1.807) is 19.9 Å². The predicted molar refractivity (Wildman–Crippen MR) is 98.3 cm³/mol. The molecule has 1 aromatic heterocycles. The molecule has 0 radical (unpaired) electrons. The molecule has 1 aliphatic heterocycles. The first-order chi connectivity index (χ1) is 12.6. The van der Waals surface area contributed by atoms with Gasteiger partial charge >= 0.3 is 0 Å². The zero-order valence-corrected chi connectivity index (χ0v) is 15.7. The topological polar surface area (TPSA) is 119 Å². The number of aliphatic hydroxyl groups excluding tert-OH is 1. The van der Waals surface area contributed by atoms with Crippen LogP contribution in [0.15, 0.2) is 30.3 Å². The molecular weight excluding hydrogens is 372 g/mol. The van der Waals surface area contributed by atoms with E-state index < -0.39 is 28.6 Å². The van der Waals surface area contributed by atoms with Crippen LogP contribution in [0, 0.1) is 10.1 Å². The van der Waals surface area contributed by atoms with Crippen LogP contribution in [0.3, 0.4) is 0 Å². The largest absolute Gasteiger partial charge is 0.484 e. The number of nitrogens with one attached hydrogen (secondary N) is 1. The number of hydrogen-bond acceptors (Lipinski definition) is 7. The molecule has 0 spiro atoms. The zero-order chi connectivity index (χ0) is 19.9. The maximum Gasteiger partial charge on any atom is 0.270 e. The number of ether oxygens (including phenoxy) is 1. The molecule has 27 heavy (non-hydrogen) atoms. The van der Waals surface area contributed by atoms with Gasteiger partial charge in [0, 0.05) is 23.8 Å². The van der Waals surface area contributed by atoms with E-state index in [2.05, 4.69) is 5.32 Å². The van der Waals surface area contributed by atoms with Crippen LogP contribution < -0.4 is 10.1 Å². The first-order valence-electron chi connectivity index (χ1n) is 8.17. The lowest BCUT2D eigenvalue weighted by Crippen LogP contribution is -2.53. The van der Waals surface area contributed by atoms with Crippen molar-refractivity contribution >= 4 is 28.7 Å². The van der Waals surface area contributed by atoms with Crippen molar-refractivity contribution in [2.45, 2.75) is 38.5 Å². The highest BCUT2D eigenvalue weighted by atomic mass is 32.1. The molecule has 9 heteroatoms. The van der Waals surface area contributed by atoms with Gasteiger partial charge in [-0.05, 0) is 26.8 Å². The first-order valence-corrected chi connectivity index (χ1v) is 8.99. The molecule has 2 heterocycles. The Morgan fingerprint density at radius 2 is 2.04 bits per heavy atom. The summed E-state index contributed by atoms with van der Waals surface area (Å²) in [7, 11) is 0. The molecule has 2 N–H and O–H groups in total. The SMILES string of the molecule is CC(=O)c1cc2c(s1)[C@H](NC(=O)c1cccc([N+](=O)[O-])c1)[C@@H](O)C(C)(C)O2. The lowest BCUT2D eigenvalue weighted by molar-refractivity contribution is -0.384. The molecule has 0 saturated carbocycles. The summed E-state index contributed by atoms with van der Waals surface area (Å²) in [4.78, 5) is 35.7. The molecule has 3 rings (SSSR count). The fourth-order valence-corrected chi connectivity index (χ4v) is 3.94. The number of nitro groups is 1. The van der Waals surface area contributed by atoms with Gasteiger partial charge in [0.15, 0.2) is 5.78 Å². The standard InChI is InChI=1S/C18H18N2O6S/c1-9(21)13-8-12-15(27-13)14(16(22)18(2,3)26-12)19-17(23)10-5-4-6-11(7-10)20(24)25/h4-8,14,16,22H,1-3H3,(H,19,23)/t14-,16+/m0/s1. The number of thiophene rings is 1. The number of nitro benzene ring substituents is 1. The molecule has 0 unspecified atom stereocenters. The summed E-state index contributed by atoms with van der Waals surface area (Å²) in [5, 5.41) is 24.3. The number of amides is 1. The van der Waals surface area contributed by atoms with Gasteiger partial charge in [0.1, 0.15) is 17.5 Å². The lowest BCUT2D eigenvalue weighted by atomic mass is 9.90. The normalized spacial score (nSPS) is 20.3. The van der Waals surface area contributed by atoms with Crippen LogP contribution in [0.5, 0.6) is 5.75 Å². The Labute approximate surface area is 158 Å². The number of benzene rings is 1. The predicted octanol–water partition coefficient (Wildman–Crippen LogP) is 2.86. The molecule has 2 aromatic rings. The molecule has 0 fully saturated rings. The average molecular weight is 390 g/mol. The van der Waals surface area contributed by atoms with E-state index >= 15 is 0 Å². The van der Waals surface area contributed by atoms with E-state index in [1.165, 1.54) is 31.2 Å². The van der Waals surface area contributed by atoms with Crippen molar-refractivity contribution in [2.75, 3.05) is 0 Å². The van der Waals surface area contributed by atoms with Crippen LogP contribution in [0.2, 0.25) is 0 Å². The number of Topliss-reactive ketones (excluding diaryl/α,β-unsaturated/α-hetero) is 1. The Kier molecular flexibility index (Phi) is 4.75. The van der Waals surface area contributed by atoms with Crippen molar-refractivity contribution in [1.29, 1.82) is 0 Å². The molecule has 1 aliphatic rings. The average Bonchev–Trinajstić information content (AvgIpc) is 3.02. The third kappa shape index (κ3) is 3.56. The van der Waals surface area contributed by atoms with Crippen LogP contribution in [-0.2, 0) is 0 Å². The minimum absolute atomic E-state index is 0.102. The van der Waals surface area contributed by atoms with E-state index in [0.717, 1.165) is 11.3 Å². The molecule has 142 valence electrons. The van der Waals surface area contributed by atoms with Gasteiger partial charge in [0.05, 0.1) is 20.7 Å².